The second-order valence-electron chi connectivity index (χ2n) is 12.6. The van der Waals surface area contributed by atoms with E-state index in [0.717, 1.165) is 51.9 Å². The number of ether oxygens (including phenoxy) is 1. The Labute approximate surface area is 263 Å². The van der Waals surface area contributed by atoms with Crippen molar-refractivity contribution in [3.63, 3.8) is 0 Å². The molecule has 0 fully saturated rings. The van der Waals surface area contributed by atoms with Crippen LogP contribution in [0.4, 0.5) is 10.5 Å². The summed E-state index contributed by atoms with van der Waals surface area (Å²) >= 11 is 0. The summed E-state index contributed by atoms with van der Waals surface area (Å²) in [4.78, 5) is 43.7. The van der Waals surface area contributed by atoms with E-state index in [1.165, 1.54) is 0 Å². The van der Waals surface area contributed by atoms with E-state index in [-0.39, 0.29) is 18.2 Å². The molecule has 0 radical (unpaired) electrons. The summed E-state index contributed by atoms with van der Waals surface area (Å²) in [5.41, 5.74) is 5.61. The van der Waals surface area contributed by atoms with Gasteiger partial charge in [-0.1, -0.05) is 86.5 Å². The van der Waals surface area contributed by atoms with E-state index in [2.05, 4.69) is 17.6 Å². The van der Waals surface area contributed by atoms with Crippen molar-refractivity contribution in [1.82, 2.24) is 10.2 Å². The average Bonchev–Trinajstić information content (AvgIpc) is 2.95. The first-order valence-corrected chi connectivity index (χ1v) is 15.6. The van der Waals surface area contributed by atoms with E-state index in [0.29, 0.717) is 13.0 Å². The Kier molecular flexibility index (Phi) is 12.1. The fourth-order valence-corrected chi connectivity index (χ4v) is 5.21. The van der Waals surface area contributed by atoms with Crippen LogP contribution in [-0.2, 0) is 20.7 Å². The zero-order valence-corrected chi connectivity index (χ0v) is 27.6. The summed E-state index contributed by atoms with van der Waals surface area (Å²) < 4.78 is 5.56. The molecule has 236 valence electrons. The fraction of sp³-hybridized carbons (Fsp3) is 0.432. The minimum absolute atomic E-state index is 0.251. The number of anilines is 1. The SMILES string of the molecule is CCCCCN(C(=O)C(Cc1ccccc1)NC(=O)OC(C)(C)C)C(C(=O)Nc1c(C)cccc1C)c1ccc(C)c(C)c1. The molecule has 44 heavy (non-hydrogen) atoms. The Balaban J connectivity index is 2.12. The maximum absolute atomic E-state index is 14.7. The van der Waals surface area contributed by atoms with Crippen LogP contribution < -0.4 is 10.6 Å². The van der Waals surface area contributed by atoms with E-state index >= 15 is 0 Å². The lowest BCUT2D eigenvalue weighted by Crippen LogP contribution is -2.53. The lowest BCUT2D eigenvalue weighted by molar-refractivity contribution is -0.140. The summed E-state index contributed by atoms with van der Waals surface area (Å²) in [5.74, 6) is -0.637. The molecule has 0 aliphatic rings. The predicted molar refractivity (Wildman–Crippen MR) is 178 cm³/mol. The molecular formula is C37H49N3O4. The van der Waals surface area contributed by atoms with E-state index in [1.807, 2.05) is 94.4 Å². The van der Waals surface area contributed by atoms with Crippen LogP contribution in [-0.4, -0.2) is 41.0 Å². The third kappa shape index (κ3) is 9.69. The molecule has 2 unspecified atom stereocenters. The van der Waals surface area contributed by atoms with Crippen molar-refractivity contribution in [3.05, 3.63) is 100 Å². The van der Waals surface area contributed by atoms with Gasteiger partial charge in [0.15, 0.2) is 0 Å². The summed E-state index contributed by atoms with van der Waals surface area (Å²) in [6, 6.07) is 19.5. The summed E-state index contributed by atoms with van der Waals surface area (Å²) in [6.07, 6.45) is 2.13. The number of carbonyl (C=O) groups excluding carboxylic acids is 3. The van der Waals surface area contributed by atoms with Gasteiger partial charge in [-0.3, -0.25) is 9.59 Å². The van der Waals surface area contributed by atoms with E-state index < -0.39 is 23.8 Å². The zero-order valence-electron chi connectivity index (χ0n) is 27.6. The van der Waals surface area contributed by atoms with Crippen LogP contribution in [0.25, 0.3) is 0 Å². The van der Waals surface area contributed by atoms with Crippen LogP contribution in [0, 0.1) is 27.7 Å². The number of alkyl carbamates (subject to hydrolysis) is 1. The number of hydrogen-bond donors (Lipinski definition) is 2. The monoisotopic (exact) mass is 599 g/mol. The molecule has 3 aromatic rings. The molecular weight excluding hydrogens is 550 g/mol. The van der Waals surface area contributed by atoms with Gasteiger partial charge in [0.25, 0.3) is 5.91 Å². The maximum Gasteiger partial charge on any atom is 0.408 e. The number of carbonyl (C=O) groups is 3. The molecule has 0 aliphatic carbocycles. The maximum atomic E-state index is 14.7. The third-order valence-corrected chi connectivity index (χ3v) is 7.69. The van der Waals surface area contributed by atoms with Crippen molar-refractivity contribution in [2.24, 2.45) is 0 Å². The molecule has 2 atom stereocenters. The van der Waals surface area contributed by atoms with Crippen molar-refractivity contribution in [2.75, 3.05) is 11.9 Å². The van der Waals surface area contributed by atoms with Gasteiger partial charge in [-0.2, -0.15) is 0 Å². The number of aryl methyl sites for hydroxylation is 4. The van der Waals surface area contributed by atoms with E-state index in [1.54, 1.807) is 25.7 Å². The van der Waals surface area contributed by atoms with Crippen molar-refractivity contribution in [1.29, 1.82) is 0 Å². The first kappa shape index (κ1) is 34.4. The highest BCUT2D eigenvalue weighted by molar-refractivity contribution is 6.00. The Morgan fingerprint density at radius 3 is 2.07 bits per heavy atom. The number of amides is 3. The van der Waals surface area contributed by atoms with Crippen molar-refractivity contribution in [2.45, 2.75) is 98.8 Å². The molecule has 3 amide bonds. The molecule has 7 nitrogen and oxygen atoms in total. The number of unbranched alkanes of at least 4 members (excludes halogenated alkanes) is 2. The third-order valence-electron chi connectivity index (χ3n) is 7.69. The summed E-state index contributed by atoms with van der Waals surface area (Å²) in [6.45, 7) is 15.7. The molecule has 0 heterocycles. The summed E-state index contributed by atoms with van der Waals surface area (Å²) in [5, 5.41) is 5.99. The molecule has 0 aliphatic heterocycles. The minimum atomic E-state index is -0.948. The predicted octanol–water partition coefficient (Wildman–Crippen LogP) is 7.75. The van der Waals surface area contributed by atoms with Crippen molar-refractivity contribution in [3.8, 4) is 0 Å². The van der Waals surface area contributed by atoms with Crippen LogP contribution in [0.15, 0.2) is 66.7 Å². The van der Waals surface area contributed by atoms with Crippen LogP contribution >= 0.6 is 0 Å². The molecule has 3 aromatic carbocycles. The molecule has 0 saturated carbocycles. The standard InChI is InChI=1S/C37H49N3O4/c1-9-10-14-22-40(35(42)31(24-29-18-12-11-13-19-29)38-36(43)44-37(6,7)8)33(30-21-20-25(2)28(5)23-30)34(41)39-32-26(3)16-15-17-27(32)4/h11-13,15-21,23,31,33H,9-10,14,22,24H2,1-8H3,(H,38,43)(H,39,41). The van der Waals surface area contributed by atoms with Gasteiger partial charge in [-0.25, -0.2) is 4.79 Å². The normalized spacial score (nSPS) is 12.6. The molecule has 7 heteroatoms. The van der Waals surface area contributed by atoms with Gasteiger partial charge in [-0.05, 0) is 88.3 Å². The molecule has 0 bridgehead atoms. The second-order valence-corrected chi connectivity index (χ2v) is 12.6. The molecule has 2 N–H and O–H groups in total. The lowest BCUT2D eigenvalue weighted by Gasteiger charge is -2.35. The number of hydrogen-bond acceptors (Lipinski definition) is 4. The Hall–Kier alpha value is -4.13. The summed E-state index contributed by atoms with van der Waals surface area (Å²) in [7, 11) is 0. The highest BCUT2D eigenvalue weighted by Crippen LogP contribution is 2.29. The zero-order chi connectivity index (χ0) is 32.4. The molecule has 0 saturated heterocycles. The van der Waals surface area contributed by atoms with Crippen LogP contribution in [0.5, 0.6) is 0 Å². The van der Waals surface area contributed by atoms with Gasteiger partial charge >= 0.3 is 6.09 Å². The van der Waals surface area contributed by atoms with E-state index in [9.17, 15) is 14.4 Å². The Bertz CT molecular complexity index is 1410. The first-order chi connectivity index (χ1) is 20.8. The highest BCUT2D eigenvalue weighted by Gasteiger charge is 2.36. The van der Waals surface area contributed by atoms with Gasteiger partial charge in [0.05, 0.1) is 0 Å². The number of benzene rings is 3. The van der Waals surface area contributed by atoms with Gasteiger partial charge in [0, 0.05) is 18.7 Å². The Morgan fingerprint density at radius 2 is 1.48 bits per heavy atom. The smallest absolute Gasteiger partial charge is 0.408 e. The molecule has 0 spiro atoms. The molecule has 0 aromatic heterocycles. The highest BCUT2D eigenvalue weighted by atomic mass is 16.6. The molecule has 3 rings (SSSR count). The topological polar surface area (TPSA) is 87.7 Å². The van der Waals surface area contributed by atoms with Crippen LogP contribution in [0.1, 0.15) is 86.4 Å². The van der Waals surface area contributed by atoms with Gasteiger partial charge < -0.3 is 20.3 Å². The van der Waals surface area contributed by atoms with Gasteiger partial charge in [0.1, 0.15) is 17.7 Å². The lowest BCUT2D eigenvalue weighted by atomic mass is 9.96. The average molecular weight is 600 g/mol. The number of nitrogens with zero attached hydrogens (tertiary/aromatic N) is 1. The van der Waals surface area contributed by atoms with Crippen LogP contribution in [0.3, 0.4) is 0 Å². The number of rotatable bonds is 12. The quantitative estimate of drug-likeness (QED) is 0.208. The van der Waals surface area contributed by atoms with Crippen molar-refractivity contribution >= 4 is 23.6 Å². The first-order valence-electron chi connectivity index (χ1n) is 15.6. The fourth-order valence-electron chi connectivity index (χ4n) is 5.21. The second kappa shape index (κ2) is 15.6. The number of nitrogens with one attached hydrogen (secondary N) is 2. The van der Waals surface area contributed by atoms with Gasteiger partial charge in [-0.15, -0.1) is 0 Å². The van der Waals surface area contributed by atoms with Gasteiger partial charge in [0.2, 0.25) is 5.91 Å². The Morgan fingerprint density at radius 1 is 0.818 bits per heavy atom. The minimum Gasteiger partial charge on any atom is -0.444 e. The number of para-hydroxylation sites is 1. The van der Waals surface area contributed by atoms with Crippen molar-refractivity contribution < 1.29 is 19.1 Å². The van der Waals surface area contributed by atoms with E-state index in [4.69, 9.17) is 4.74 Å². The van der Waals surface area contributed by atoms with Crippen LogP contribution in [0.2, 0.25) is 0 Å². The largest absolute Gasteiger partial charge is 0.444 e.